The fourth-order valence-electron chi connectivity index (χ4n) is 4.53. The van der Waals surface area contributed by atoms with Gasteiger partial charge in [-0.2, -0.15) is 0 Å². The predicted octanol–water partition coefficient (Wildman–Crippen LogP) is 3.90. The summed E-state index contributed by atoms with van der Waals surface area (Å²) >= 11 is 0. The first-order valence-corrected chi connectivity index (χ1v) is 10.8. The van der Waals surface area contributed by atoms with Gasteiger partial charge in [0, 0.05) is 44.8 Å². The van der Waals surface area contributed by atoms with Crippen LogP contribution in [-0.2, 0) is 13.6 Å². The Labute approximate surface area is 188 Å². The lowest BCUT2D eigenvalue weighted by atomic mass is 10.0. The van der Waals surface area contributed by atoms with Crippen LogP contribution in [0.5, 0.6) is 5.75 Å². The summed E-state index contributed by atoms with van der Waals surface area (Å²) in [4.78, 5) is 25.5. The van der Waals surface area contributed by atoms with Gasteiger partial charge >= 0.3 is 0 Å². The lowest BCUT2D eigenvalue weighted by molar-refractivity contribution is 0.158. The fraction of sp³-hybridized carbons (Fsp3) is 0.400. The second kappa shape index (κ2) is 8.64. The minimum Gasteiger partial charge on any atom is -0.497 e. The zero-order valence-corrected chi connectivity index (χ0v) is 19.3. The highest BCUT2D eigenvalue weighted by atomic mass is 16.5. The maximum absolute atomic E-state index is 12.7. The van der Waals surface area contributed by atoms with E-state index in [1.165, 1.54) is 11.1 Å². The molecule has 2 atom stereocenters. The number of anilines is 1. The van der Waals surface area contributed by atoms with Crippen molar-refractivity contribution in [1.82, 2.24) is 14.5 Å². The number of hydrogen-bond acceptors (Lipinski definition) is 5. The molecule has 1 aliphatic rings. The van der Waals surface area contributed by atoms with Gasteiger partial charge in [0.15, 0.2) is 0 Å². The second-order valence-corrected chi connectivity index (χ2v) is 8.65. The lowest BCUT2D eigenvalue weighted by Gasteiger charge is -2.45. The van der Waals surface area contributed by atoms with Crippen LogP contribution in [0.2, 0.25) is 0 Å². The van der Waals surface area contributed by atoms with Crippen LogP contribution in [0.3, 0.4) is 0 Å². The summed E-state index contributed by atoms with van der Waals surface area (Å²) in [6.07, 6.45) is 0. The quantitative estimate of drug-likeness (QED) is 0.587. The normalized spacial score (nSPS) is 19.2. The molecule has 7 nitrogen and oxygen atoms in total. The number of piperazine rings is 1. The first-order chi connectivity index (χ1) is 15.3. The SMILES string of the molecule is [C-]#[N+]c1ccc2c(n1)c(N1C[C@@H](C)N(Cc3ccc(OC)cc3C)C[C@@H]1C)cc(=O)n2C. The predicted molar refractivity (Wildman–Crippen MR) is 128 cm³/mol. The molecule has 1 saturated heterocycles. The van der Waals surface area contributed by atoms with E-state index in [1.54, 1.807) is 30.9 Å². The van der Waals surface area contributed by atoms with Crippen molar-refractivity contribution in [1.29, 1.82) is 0 Å². The van der Waals surface area contributed by atoms with Gasteiger partial charge in [0.05, 0.1) is 18.3 Å². The number of rotatable bonds is 4. The minimum atomic E-state index is -0.0685. The molecule has 0 saturated carbocycles. The summed E-state index contributed by atoms with van der Waals surface area (Å²) in [6, 6.07) is 11.9. The van der Waals surface area contributed by atoms with Crippen molar-refractivity contribution in [3.05, 3.63) is 69.3 Å². The Kier molecular flexibility index (Phi) is 5.90. The van der Waals surface area contributed by atoms with Crippen LogP contribution in [0, 0.1) is 13.5 Å². The van der Waals surface area contributed by atoms with Crippen LogP contribution in [-0.4, -0.2) is 46.7 Å². The average molecular weight is 432 g/mol. The monoisotopic (exact) mass is 431 g/mol. The summed E-state index contributed by atoms with van der Waals surface area (Å²) in [5, 5.41) is 0. The van der Waals surface area contributed by atoms with E-state index in [0.29, 0.717) is 11.3 Å². The van der Waals surface area contributed by atoms with Gasteiger partial charge in [-0.15, -0.1) is 4.98 Å². The first-order valence-electron chi connectivity index (χ1n) is 10.8. The molecule has 3 heterocycles. The number of methoxy groups -OCH3 is 1. The Balaban J connectivity index is 1.64. The first kappa shape index (κ1) is 21.8. The smallest absolute Gasteiger partial charge is 0.270 e. The van der Waals surface area contributed by atoms with Crippen LogP contribution in [0.15, 0.2) is 41.2 Å². The summed E-state index contributed by atoms with van der Waals surface area (Å²) in [5.74, 6) is 1.22. The summed E-state index contributed by atoms with van der Waals surface area (Å²) in [5.41, 5.74) is 4.71. The molecule has 7 heteroatoms. The molecule has 3 aromatic rings. The fourth-order valence-corrected chi connectivity index (χ4v) is 4.53. The van der Waals surface area contributed by atoms with Crippen molar-refractivity contribution < 1.29 is 4.74 Å². The van der Waals surface area contributed by atoms with Crippen LogP contribution < -0.4 is 15.2 Å². The van der Waals surface area contributed by atoms with Gasteiger partial charge < -0.3 is 19.0 Å². The Hall–Kier alpha value is -3.37. The number of hydrogen-bond donors (Lipinski definition) is 0. The molecular formula is C25H29N5O2. The summed E-state index contributed by atoms with van der Waals surface area (Å²) < 4.78 is 6.93. The molecule has 1 aliphatic heterocycles. The molecule has 0 spiro atoms. The average Bonchev–Trinajstić information content (AvgIpc) is 2.79. The Morgan fingerprint density at radius 1 is 1.16 bits per heavy atom. The van der Waals surface area contributed by atoms with Gasteiger partial charge in [0.1, 0.15) is 5.75 Å². The van der Waals surface area contributed by atoms with Crippen LogP contribution in [0.4, 0.5) is 11.5 Å². The van der Waals surface area contributed by atoms with Crippen LogP contribution in [0.1, 0.15) is 25.0 Å². The summed E-state index contributed by atoms with van der Waals surface area (Å²) in [7, 11) is 3.43. The van der Waals surface area contributed by atoms with Crippen LogP contribution >= 0.6 is 0 Å². The van der Waals surface area contributed by atoms with Gasteiger partial charge in [-0.1, -0.05) is 12.6 Å². The van der Waals surface area contributed by atoms with E-state index >= 15 is 0 Å². The van der Waals surface area contributed by atoms with E-state index in [9.17, 15) is 4.79 Å². The molecule has 4 rings (SSSR count). The molecule has 0 amide bonds. The van der Waals surface area contributed by atoms with Crippen molar-refractivity contribution in [2.24, 2.45) is 7.05 Å². The van der Waals surface area contributed by atoms with Gasteiger partial charge in [-0.3, -0.25) is 9.69 Å². The van der Waals surface area contributed by atoms with E-state index < -0.39 is 0 Å². The number of fused-ring (bicyclic) bond motifs is 1. The molecule has 0 bridgehead atoms. The molecule has 2 aromatic heterocycles. The van der Waals surface area contributed by atoms with Crippen molar-refractivity contribution in [3.8, 4) is 5.75 Å². The number of benzene rings is 1. The van der Waals surface area contributed by atoms with Gasteiger partial charge in [0.25, 0.3) is 11.4 Å². The van der Waals surface area contributed by atoms with Crippen molar-refractivity contribution in [2.45, 2.75) is 39.4 Å². The third-order valence-corrected chi connectivity index (χ3v) is 6.52. The van der Waals surface area contributed by atoms with Crippen molar-refractivity contribution in [3.63, 3.8) is 0 Å². The number of ether oxygens (including phenoxy) is 1. The highest BCUT2D eigenvalue weighted by molar-refractivity contribution is 5.89. The summed E-state index contributed by atoms with van der Waals surface area (Å²) in [6.45, 7) is 16.4. The number of aryl methyl sites for hydroxylation is 2. The molecule has 0 N–H and O–H groups in total. The topological polar surface area (TPSA) is 55.0 Å². The molecule has 0 radical (unpaired) electrons. The maximum atomic E-state index is 12.7. The zero-order valence-electron chi connectivity index (χ0n) is 19.3. The molecule has 32 heavy (non-hydrogen) atoms. The van der Waals surface area contributed by atoms with E-state index in [-0.39, 0.29) is 17.6 Å². The second-order valence-electron chi connectivity index (χ2n) is 8.65. The van der Waals surface area contributed by atoms with E-state index in [4.69, 9.17) is 11.3 Å². The van der Waals surface area contributed by atoms with Crippen molar-refractivity contribution >= 4 is 22.5 Å². The molecule has 1 fully saturated rings. The Morgan fingerprint density at radius 2 is 1.94 bits per heavy atom. The third-order valence-electron chi connectivity index (χ3n) is 6.52. The maximum Gasteiger partial charge on any atom is 0.270 e. The standard InChI is InChI=1S/C25H29N5O2/c1-16-11-20(32-6)8-7-19(16)15-29-13-18(3)30(14-17(29)2)22-12-24(31)28(5)21-9-10-23(26-4)27-25(21)22/h7-12,17-18H,13-15H2,1-3,5-6H3/t17-,18+/m1/s1. The number of aromatic nitrogens is 2. The lowest BCUT2D eigenvalue weighted by Crippen LogP contribution is -2.56. The largest absolute Gasteiger partial charge is 0.497 e. The van der Waals surface area contributed by atoms with E-state index in [1.807, 2.05) is 12.1 Å². The molecule has 1 aromatic carbocycles. The molecule has 0 aliphatic carbocycles. The van der Waals surface area contributed by atoms with E-state index in [2.05, 4.69) is 52.5 Å². The highest BCUT2D eigenvalue weighted by Gasteiger charge is 2.31. The Morgan fingerprint density at radius 3 is 2.62 bits per heavy atom. The minimum absolute atomic E-state index is 0.0685. The number of nitrogens with zero attached hydrogens (tertiary/aromatic N) is 5. The number of pyridine rings is 2. The van der Waals surface area contributed by atoms with Gasteiger partial charge in [0.2, 0.25) is 5.52 Å². The zero-order chi connectivity index (χ0) is 23.0. The molecule has 0 unspecified atom stereocenters. The van der Waals surface area contributed by atoms with E-state index in [0.717, 1.165) is 36.6 Å². The van der Waals surface area contributed by atoms with Gasteiger partial charge in [-0.05, 0) is 56.2 Å². The Bertz CT molecular complexity index is 1260. The molecular weight excluding hydrogens is 402 g/mol. The molecule has 166 valence electrons. The highest BCUT2D eigenvalue weighted by Crippen LogP contribution is 2.30. The van der Waals surface area contributed by atoms with Crippen LogP contribution in [0.25, 0.3) is 15.9 Å². The third kappa shape index (κ3) is 3.94. The van der Waals surface area contributed by atoms with Gasteiger partial charge in [-0.25, -0.2) is 0 Å². The van der Waals surface area contributed by atoms with Crippen molar-refractivity contribution in [2.75, 3.05) is 25.1 Å².